The highest BCUT2D eigenvalue weighted by molar-refractivity contribution is 5.92. The second kappa shape index (κ2) is 5.25. The zero-order chi connectivity index (χ0) is 13.9. The molecule has 1 rings (SSSR count). The van der Waals surface area contributed by atoms with E-state index in [0.717, 1.165) is 22.4 Å². The van der Waals surface area contributed by atoms with E-state index >= 15 is 0 Å². The lowest BCUT2D eigenvalue weighted by Crippen LogP contribution is -2.22. The molecule has 3 nitrogen and oxygen atoms in total. The highest BCUT2D eigenvalue weighted by Gasteiger charge is 2.15. The van der Waals surface area contributed by atoms with Gasteiger partial charge in [0.15, 0.2) is 0 Å². The Morgan fingerprint density at radius 1 is 1.33 bits per heavy atom. The van der Waals surface area contributed by atoms with Crippen molar-refractivity contribution in [2.45, 2.75) is 40.2 Å². The van der Waals surface area contributed by atoms with E-state index in [-0.39, 0.29) is 5.97 Å². The van der Waals surface area contributed by atoms with Crippen molar-refractivity contribution in [1.29, 1.82) is 0 Å². The molecule has 0 aliphatic carbocycles. The number of benzene rings is 1. The molecule has 3 heteroatoms. The van der Waals surface area contributed by atoms with E-state index in [2.05, 4.69) is 0 Å². The van der Waals surface area contributed by atoms with E-state index in [1.165, 1.54) is 6.08 Å². The van der Waals surface area contributed by atoms with E-state index in [0.29, 0.717) is 0 Å². The van der Waals surface area contributed by atoms with Crippen LogP contribution >= 0.6 is 0 Å². The van der Waals surface area contributed by atoms with E-state index < -0.39 is 5.60 Å². The third-order valence-electron chi connectivity index (χ3n) is 2.54. The first kappa shape index (κ1) is 14.3. The van der Waals surface area contributed by atoms with Crippen LogP contribution in [0, 0.1) is 6.92 Å². The summed E-state index contributed by atoms with van der Waals surface area (Å²) in [4.78, 5) is 11.7. The predicted octanol–water partition coefficient (Wildman–Crippen LogP) is 3.32. The number of carbonyl (C=O) groups is 1. The Morgan fingerprint density at radius 2 is 1.94 bits per heavy atom. The van der Waals surface area contributed by atoms with Crippen molar-refractivity contribution in [1.82, 2.24) is 0 Å². The summed E-state index contributed by atoms with van der Waals surface area (Å²) in [5.41, 5.74) is 8.91. The minimum atomic E-state index is -0.474. The largest absolute Gasteiger partial charge is 0.457 e. The van der Waals surface area contributed by atoms with Crippen molar-refractivity contribution in [2.24, 2.45) is 0 Å². The lowest BCUT2D eigenvalue weighted by atomic mass is 10.0. The number of hydrogen-bond donors (Lipinski definition) is 1. The lowest BCUT2D eigenvalue weighted by molar-refractivity contribution is -0.148. The van der Waals surface area contributed by atoms with Gasteiger partial charge in [0.2, 0.25) is 0 Å². The van der Waals surface area contributed by atoms with Crippen LogP contribution in [0.2, 0.25) is 0 Å². The normalized spacial score (nSPS) is 12.4. The van der Waals surface area contributed by atoms with Gasteiger partial charge < -0.3 is 10.5 Å². The van der Waals surface area contributed by atoms with Gasteiger partial charge in [-0.25, -0.2) is 4.79 Å². The molecule has 0 fully saturated rings. The molecule has 2 N–H and O–H groups in total. The first-order chi connectivity index (χ1) is 8.20. The molecule has 0 amide bonds. The van der Waals surface area contributed by atoms with Crippen molar-refractivity contribution in [2.75, 3.05) is 5.73 Å². The Hall–Kier alpha value is -1.77. The summed E-state index contributed by atoms with van der Waals surface area (Å²) in [7, 11) is 0. The van der Waals surface area contributed by atoms with Crippen molar-refractivity contribution in [3.8, 4) is 0 Å². The number of esters is 1. The van der Waals surface area contributed by atoms with Gasteiger partial charge in [-0.15, -0.1) is 0 Å². The maximum Gasteiger partial charge on any atom is 0.331 e. The number of ether oxygens (including phenoxy) is 1. The van der Waals surface area contributed by atoms with E-state index in [1.807, 2.05) is 52.8 Å². The average Bonchev–Trinajstić information content (AvgIpc) is 2.18. The van der Waals surface area contributed by atoms with Gasteiger partial charge in [0.1, 0.15) is 5.60 Å². The molecule has 0 aliphatic rings. The number of carbonyl (C=O) groups excluding carboxylic acids is 1. The van der Waals surface area contributed by atoms with Gasteiger partial charge >= 0.3 is 5.97 Å². The number of allylic oxidation sites excluding steroid dienone is 1. The molecule has 1 aromatic rings. The summed E-state index contributed by atoms with van der Waals surface area (Å²) in [5, 5.41) is 0. The smallest absolute Gasteiger partial charge is 0.331 e. The Kier molecular flexibility index (Phi) is 4.17. The maximum atomic E-state index is 11.7. The maximum absolute atomic E-state index is 11.7. The van der Waals surface area contributed by atoms with Crippen LogP contribution < -0.4 is 5.73 Å². The monoisotopic (exact) mass is 247 g/mol. The molecule has 0 unspecified atom stereocenters. The molecule has 0 radical (unpaired) electrons. The van der Waals surface area contributed by atoms with Gasteiger partial charge in [-0.05, 0) is 57.4 Å². The third-order valence-corrected chi connectivity index (χ3v) is 2.54. The average molecular weight is 247 g/mol. The van der Waals surface area contributed by atoms with Crippen LogP contribution in [-0.4, -0.2) is 11.6 Å². The fourth-order valence-electron chi connectivity index (χ4n) is 1.67. The molecular weight excluding hydrogens is 226 g/mol. The van der Waals surface area contributed by atoms with E-state index in [1.54, 1.807) is 0 Å². The van der Waals surface area contributed by atoms with Crippen molar-refractivity contribution in [3.63, 3.8) is 0 Å². The molecule has 1 aromatic carbocycles. The fraction of sp³-hybridized carbons (Fsp3) is 0.400. The Bertz CT molecular complexity index is 482. The number of nitrogens with two attached hydrogens (primary N) is 1. The zero-order valence-corrected chi connectivity index (χ0v) is 11.7. The third kappa shape index (κ3) is 3.91. The molecule has 0 heterocycles. The number of anilines is 1. The molecule has 98 valence electrons. The highest BCUT2D eigenvalue weighted by Crippen LogP contribution is 2.23. The summed E-state index contributed by atoms with van der Waals surface area (Å²) in [6.07, 6.45) is 1.51. The Morgan fingerprint density at radius 3 is 2.50 bits per heavy atom. The van der Waals surface area contributed by atoms with Gasteiger partial charge in [-0.3, -0.25) is 0 Å². The molecule has 0 aliphatic heterocycles. The minimum Gasteiger partial charge on any atom is -0.457 e. The summed E-state index contributed by atoms with van der Waals surface area (Å²) in [5.74, 6) is -0.332. The van der Waals surface area contributed by atoms with E-state index in [9.17, 15) is 4.79 Å². The molecule has 0 atom stereocenters. The van der Waals surface area contributed by atoms with Gasteiger partial charge in [-0.1, -0.05) is 12.1 Å². The topological polar surface area (TPSA) is 52.3 Å². The van der Waals surface area contributed by atoms with Crippen molar-refractivity contribution >= 4 is 17.2 Å². The number of nitrogen functional groups attached to an aromatic ring is 1. The van der Waals surface area contributed by atoms with Crippen molar-refractivity contribution < 1.29 is 9.53 Å². The van der Waals surface area contributed by atoms with Gasteiger partial charge in [-0.2, -0.15) is 0 Å². The van der Waals surface area contributed by atoms with Crippen LogP contribution in [0.15, 0.2) is 24.3 Å². The second-order valence-electron chi connectivity index (χ2n) is 5.38. The second-order valence-corrected chi connectivity index (χ2v) is 5.38. The summed E-state index contributed by atoms with van der Waals surface area (Å²) < 4.78 is 5.25. The molecule has 18 heavy (non-hydrogen) atoms. The number of hydrogen-bond acceptors (Lipinski definition) is 3. The first-order valence-corrected chi connectivity index (χ1v) is 5.97. The molecule has 0 saturated carbocycles. The Labute approximate surface area is 109 Å². The zero-order valence-electron chi connectivity index (χ0n) is 11.7. The van der Waals surface area contributed by atoms with Crippen LogP contribution in [0.5, 0.6) is 0 Å². The molecule has 0 bridgehead atoms. The van der Waals surface area contributed by atoms with E-state index in [4.69, 9.17) is 10.5 Å². The van der Waals surface area contributed by atoms with Gasteiger partial charge in [0.05, 0.1) is 0 Å². The van der Waals surface area contributed by atoms with Crippen LogP contribution in [-0.2, 0) is 9.53 Å². The quantitative estimate of drug-likeness (QED) is 0.495. The van der Waals surface area contributed by atoms with Crippen LogP contribution in [0.3, 0.4) is 0 Å². The lowest BCUT2D eigenvalue weighted by Gasteiger charge is -2.18. The first-order valence-electron chi connectivity index (χ1n) is 5.97. The highest BCUT2D eigenvalue weighted by atomic mass is 16.6. The Balaban J connectivity index is 2.97. The standard InChI is InChI=1S/C15H21NO2/c1-10(9-14(17)18-15(3,4)5)12-7-6-8-13(16)11(12)2/h6-9H,16H2,1-5H3. The van der Waals surface area contributed by atoms with Crippen LogP contribution in [0.1, 0.15) is 38.8 Å². The molecular formula is C15H21NO2. The van der Waals surface area contributed by atoms with Gasteiger partial charge in [0, 0.05) is 11.8 Å². The minimum absolute atomic E-state index is 0.332. The molecule has 0 aromatic heterocycles. The van der Waals surface area contributed by atoms with Crippen molar-refractivity contribution in [3.05, 3.63) is 35.4 Å². The van der Waals surface area contributed by atoms with Gasteiger partial charge in [0.25, 0.3) is 0 Å². The SMILES string of the molecule is CC(=CC(=O)OC(C)(C)C)c1cccc(N)c1C. The summed E-state index contributed by atoms with van der Waals surface area (Å²) in [6, 6.07) is 5.67. The predicted molar refractivity (Wildman–Crippen MR) is 75.1 cm³/mol. The molecule has 0 saturated heterocycles. The molecule has 0 spiro atoms. The summed E-state index contributed by atoms with van der Waals surface area (Å²) >= 11 is 0. The summed E-state index contributed by atoms with van der Waals surface area (Å²) in [6.45, 7) is 9.36. The van der Waals surface area contributed by atoms with Crippen LogP contribution in [0.4, 0.5) is 5.69 Å². The van der Waals surface area contributed by atoms with Crippen LogP contribution in [0.25, 0.3) is 5.57 Å². The number of rotatable bonds is 2. The fourth-order valence-corrected chi connectivity index (χ4v) is 1.67.